The molecule has 3 rings (SSSR count). The van der Waals surface area contributed by atoms with Crippen LogP contribution >= 0.6 is 0 Å². The summed E-state index contributed by atoms with van der Waals surface area (Å²) in [7, 11) is 0. The van der Waals surface area contributed by atoms with Gasteiger partial charge in [-0.05, 0) is 50.6 Å². The van der Waals surface area contributed by atoms with E-state index in [4.69, 9.17) is 0 Å². The highest BCUT2D eigenvalue weighted by Gasteiger charge is 2.34. The van der Waals surface area contributed by atoms with E-state index >= 15 is 0 Å². The standard InChI is InChI=1S/C11H20N2/c1-2-9(1)7-13-6-4-11-10(8-13)3-5-12-11/h9-12H,1-8H2. The van der Waals surface area contributed by atoms with Crippen molar-refractivity contribution < 1.29 is 0 Å². The van der Waals surface area contributed by atoms with Gasteiger partial charge in [-0.3, -0.25) is 0 Å². The van der Waals surface area contributed by atoms with Crippen LogP contribution in [0, 0.1) is 11.8 Å². The summed E-state index contributed by atoms with van der Waals surface area (Å²) in [4.78, 5) is 2.71. The smallest absolute Gasteiger partial charge is 0.0120 e. The van der Waals surface area contributed by atoms with E-state index < -0.39 is 0 Å². The number of likely N-dealkylation sites (tertiary alicyclic amines) is 1. The lowest BCUT2D eigenvalue weighted by Crippen LogP contribution is -2.44. The van der Waals surface area contributed by atoms with Gasteiger partial charge >= 0.3 is 0 Å². The number of hydrogen-bond acceptors (Lipinski definition) is 2. The third kappa shape index (κ3) is 1.75. The van der Waals surface area contributed by atoms with Crippen molar-refractivity contribution in [2.75, 3.05) is 26.2 Å². The van der Waals surface area contributed by atoms with Gasteiger partial charge in [0.1, 0.15) is 0 Å². The van der Waals surface area contributed by atoms with Crippen LogP contribution in [-0.4, -0.2) is 37.1 Å². The number of nitrogens with zero attached hydrogens (tertiary/aromatic N) is 1. The quantitative estimate of drug-likeness (QED) is 0.684. The number of rotatable bonds is 2. The van der Waals surface area contributed by atoms with E-state index in [1.807, 2.05) is 0 Å². The summed E-state index contributed by atoms with van der Waals surface area (Å²) in [5, 5.41) is 3.62. The van der Waals surface area contributed by atoms with E-state index in [0.717, 1.165) is 17.9 Å². The summed E-state index contributed by atoms with van der Waals surface area (Å²) in [5.74, 6) is 2.05. The first kappa shape index (κ1) is 8.25. The Bertz CT molecular complexity index is 189. The van der Waals surface area contributed by atoms with E-state index in [1.54, 1.807) is 0 Å². The van der Waals surface area contributed by atoms with Crippen molar-refractivity contribution in [1.29, 1.82) is 0 Å². The van der Waals surface area contributed by atoms with Gasteiger partial charge in [-0.2, -0.15) is 0 Å². The molecule has 2 saturated heterocycles. The molecule has 2 nitrogen and oxygen atoms in total. The highest BCUT2D eigenvalue weighted by molar-refractivity contribution is 4.91. The predicted octanol–water partition coefficient (Wildman–Crippen LogP) is 1.08. The molecule has 13 heavy (non-hydrogen) atoms. The molecule has 74 valence electrons. The van der Waals surface area contributed by atoms with Gasteiger partial charge in [0.05, 0.1) is 0 Å². The number of nitrogens with one attached hydrogen (secondary N) is 1. The molecular formula is C11H20N2. The molecule has 0 bridgehead atoms. The second-order valence-corrected chi connectivity index (χ2v) is 5.10. The molecule has 0 amide bonds. The average Bonchev–Trinajstić information content (AvgIpc) is 2.83. The maximum absolute atomic E-state index is 3.62. The van der Waals surface area contributed by atoms with Crippen molar-refractivity contribution in [2.45, 2.75) is 31.7 Å². The van der Waals surface area contributed by atoms with Crippen LogP contribution in [0.3, 0.4) is 0 Å². The molecular weight excluding hydrogens is 160 g/mol. The third-order valence-electron chi connectivity index (χ3n) is 3.95. The van der Waals surface area contributed by atoms with Gasteiger partial charge in [-0.25, -0.2) is 0 Å². The van der Waals surface area contributed by atoms with Crippen LogP contribution in [0.25, 0.3) is 0 Å². The summed E-state index contributed by atoms with van der Waals surface area (Å²) in [6.45, 7) is 5.41. The summed E-state index contributed by atoms with van der Waals surface area (Å²) < 4.78 is 0. The molecule has 0 aromatic rings. The topological polar surface area (TPSA) is 15.3 Å². The Kier molecular flexibility index (Phi) is 2.06. The lowest BCUT2D eigenvalue weighted by atomic mass is 9.93. The zero-order valence-electron chi connectivity index (χ0n) is 8.34. The molecule has 2 unspecified atom stereocenters. The van der Waals surface area contributed by atoms with Gasteiger partial charge < -0.3 is 10.2 Å². The monoisotopic (exact) mass is 180 g/mol. The molecule has 2 heterocycles. The van der Waals surface area contributed by atoms with Crippen LogP contribution in [0.4, 0.5) is 0 Å². The predicted molar refractivity (Wildman–Crippen MR) is 53.7 cm³/mol. The van der Waals surface area contributed by atoms with Gasteiger partial charge in [0.15, 0.2) is 0 Å². The van der Waals surface area contributed by atoms with Crippen molar-refractivity contribution in [1.82, 2.24) is 10.2 Å². The Morgan fingerprint density at radius 1 is 1.15 bits per heavy atom. The lowest BCUT2D eigenvalue weighted by Gasteiger charge is -2.34. The van der Waals surface area contributed by atoms with Crippen LogP contribution < -0.4 is 5.32 Å². The van der Waals surface area contributed by atoms with Gasteiger partial charge in [0, 0.05) is 19.1 Å². The second-order valence-electron chi connectivity index (χ2n) is 5.10. The fraction of sp³-hybridized carbons (Fsp3) is 1.00. The van der Waals surface area contributed by atoms with Gasteiger partial charge in [-0.1, -0.05) is 0 Å². The van der Waals surface area contributed by atoms with E-state index in [2.05, 4.69) is 10.2 Å². The maximum atomic E-state index is 3.62. The Balaban J connectivity index is 1.54. The Morgan fingerprint density at radius 3 is 2.92 bits per heavy atom. The highest BCUT2D eigenvalue weighted by atomic mass is 15.2. The molecule has 1 N–H and O–H groups in total. The first-order valence-electron chi connectivity index (χ1n) is 5.87. The molecule has 3 fully saturated rings. The van der Waals surface area contributed by atoms with Gasteiger partial charge in [-0.15, -0.1) is 0 Å². The van der Waals surface area contributed by atoms with Crippen molar-refractivity contribution in [3.05, 3.63) is 0 Å². The minimum absolute atomic E-state index is 0.871. The molecule has 0 aromatic heterocycles. The lowest BCUT2D eigenvalue weighted by molar-refractivity contribution is 0.157. The molecule has 0 radical (unpaired) electrons. The van der Waals surface area contributed by atoms with Crippen molar-refractivity contribution in [2.24, 2.45) is 11.8 Å². The molecule has 0 aromatic carbocycles. The molecule has 0 spiro atoms. The number of hydrogen-bond donors (Lipinski definition) is 1. The number of piperidine rings is 1. The minimum Gasteiger partial charge on any atom is -0.314 e. The van der Waals surface area contributed by atoms with Crippen LogP contribution in [0.5, 0.6) is 0 Å². The fourth-order valence-corrected chi connectivity index (χ4v) is 2.95. The van der Waals surface area contributed by atoms with Crippen LogP contribution in [-0.2, 0) is 0 Å². The molecule has 3 aliphatic rings. The molecule has 2 heteroatoms. The SMILES string of the molecule is C1CC2CN(CC3CC3)CCC2N1. The third-order valence-corrected chi connectivity index (χ3v) is 3.95. The molecule has 1 saturated carbocycles. The highest BCUT2D eigenvalue weighted by Crippen LogP contribution is 2.32. The molecule has 2 atom stereocenters. The fourth-order valence-electron chi connectivity index (χ4n) is 2.95. The summed E-state index contributed by atoms with van der Waals surface area (Å²) in [5.41, 5.74) is 0. The summed E-state index contributed by atoms with van der Waals surface area (Å²) in [6.07, 6.45) is 5.83. The van der Waals surface area contributed by atoms with Gasteiger partial charge in [0.2, 0.25) is 0 Å². The zero-order valence-corrected chi connectivity index (χ0v) is 8.34. The van der Waals surface area contributed by atoms with Crippen molar-refractivity contribution in [3.8, 4) is 0 Å². The Morgan fingerprint density at radius 2 is 2.08 bits per heavy atom. The van der Waals surface area contributed by atoms with E-state index in [9.17, 15) is 0 Å². The maximum Gasteiger partial charge on any atom is 0.0120 e. The summed E-state index contributed by atoms with van der Waals surface area (Å²) in [6, 6.07) is 0.871. The van der Waals surface area contributed by atoms with Crippen molar-refractivity contribution >= 4 is 0 Å². The van der Waals surface area contributed by atoms with E-state index in [0.29, 0.717) is 0 Å². The van der Waals surface area contributed by atoms with E-state index in [-0.39, 0.29) is 0 Å². The van der Waals surface area contributed by atoms with Crippen LogP contribution in [0.2, 0.25) is 0 Å². The van der Waals surface area contributed by atoms with Crippen LogP contribution in [0.1, 0.15) is 25.7 Å². The normalized spacial score (nSPS) is 40.6. The van der Waals surface area contributed by atoms with E-state index in [1.165, 1.54) is 51.9 Å². The Hall–Kier alpha value is -0.0800. The summed E-state index contributed by atoms with van der Waals surface area (Å²) >= 11 is 0. The first-order valence-corrected chi connectivity index (χ1v) is 5.87. The minimum atomic E-state index is 0.871. The number of fused-ring (bicyclic) bond motifs is 1. The second kappa shape index (κ2) is 3.25. The zero-order chi connectivity index (χ0) is 8.67. The van der Waals surface area contributed by atoms with Crippen LogP contribution in [0.15, 0.2) is 0 Å². The first-order chi connectivity index (χ1) is 6.42. The van der Waals surface area contributed by atoms with Crippen molar-refractivity contribution in [3.63, 3.8) is 0 Å². The molecule has 1 aliphatic carbocycles. The van der Waals surface area contributed by atoms with Gasteiger partial charge in [0.25, 0.3) is 0 Å². The Labute approximate surface area is 80.7 Å². The molecule has 2 aliphatic heterocycles. The average molecular weight is 180 g/mol. The largest absolute Gasteiger partial charge is 0.314 e.